The summed E-state index contributed by atoms with van der Waals surface area (Å²) in [5, 5.41) is 76.4. The Hall–Kier alpha value is -7.50. The largest absolute Gasteiger partial charge is 0.481 e. The van der Waals surface area contributed by atoms with Gasteiger partial charge < -0.3 is 84.2 Å². The van der Waals surface area contributed by atoms with Crippen LogP contribution >= 0.6 is 0 Å². The summed E-state index contributed by atoms with van der Waals surface area (Å²) in [4.78, 5) is 176. The Morgan fingerprint density at radius 1 is 0.417 bits per heavy atom. The van der Waals surface area contributed by atoms with E-state index in [0.29, 0.717) is 6.42 Å². The maximum atomic E-state index is 13.8. The van der Waals surface area contributed by atoms with Crippen LogP contribution in [0.2, 0.25) is 0 Å². The molecule has 0 spiro atoms. The van der Waals surface area contributed by atoms with E-state index in [1.165, 1.54) is 6.92 Å². The Morgan fingerprint density at radius 3 is 1.19 bits per heavy atom. The smallest absolute Gasteiger partial charge is 0.326 e. The summed E-state index contributed by atoms with van der Waals surface area (Å²) in [6.45, 7) is 11.2. The second-order valence-corrected chi connectivity index (χ2v) is 17.3. The standard InChI is InChI=1S/C42H68N10O20/c1-9-17(4)31(51-36(65)22(10-11-27(54)55)46-33(62)18(5)43)40(69)48-23(12-16(2)3)37(66)45-20(7)35(64)52-32(21(8)53)41(70)49-25(14-29(58)59)39(68)47-24(13-28(56)57)38(67)44-19(6)34(63)50-26(42(71)72)15-30(60)61/h16-26,31-32,53H,9-15,43H2,1-8H3,(H,44,67)(H,45,66)(H,46,62)(H,47,68)(H,48,69)(H,49,70)(H,50,63)(H,51,65)(H,52,64)(H,54,55)(H,56,57)(H,58,59)(H,60,61)(H,71,72)/t17-,18-,19-,20-,21+,22-,23-,24-,25-,26-,31-,32-/m0/s1. The molecule has 12 atom stereocenters. The summed E-state index contributed by atoms with van der Waals surface area (Å²) in [6.07, 6.45) is -5.89. The number of nitrogens with two attached hydrogens (primary N) is 1. The molecule has 17 N–H and O–H groups in total. The number of amides is 9. The first-order valence-corrected chi connectivity index (χ1v) is 22.5. The molecule has 0 radical (unpaired) electrons. The molecule has 0 aliphatic heterocycles. The molecule has 0 rings (SSSR count). The van der Waals surface area contributed by atoms with Gasteiger partial charge in [-0.25, -0.2) is 4.79 Å². The molecule has 0 fully saturated rings. The number of carboxylic acid groups (broad SMARTS) is 5. The SMILES string of the molecule is CC[C@H](C)[C@H](NC(=O)[C@H](CCC(=O)O)NC(=O)[C@H](C)N)C(=O)N[C@@H](CC(C)C)C(=O)N[C@@H](C)C(=O)N[C@H](C(=O)N[C@@H](CC(=O)O)C(=O)N[C@@H](CC(=O)O)C(=O)N[C@@H](C)C(=O)N[C@@H](CC(=O)O)C(=O)O)[C@@H](C)O. The van der Waals surface area contributed by atoms with Crippen LogP contribution in [0.25, 0.3) is 0 Å². The molecule has 0 aromatic heterocycles. The molecule has 30 nitrogen and oxygen atoms in total. The quantitative estimate of drug-likeness (QED) is 0.0292. The predicted octanol–water partition coefficient (Wildman–Crippen LogP) is -5.42. The fourth-order valence-corrected chi connectivity index (χ4v) is 6.18. The number of carbonyl (C=O) groups is 14. The van der Waals surface area contributed by atoms with E-state index in [-0.39, 0.29) is 18.8 Å². The highest BCUT2D eigenvalue weighted by molar-refractivity contribution is 6.00. The van der Waals surface area contributed by atoms with Crippen molar-refractivity contribution in [1.82, 2.24) is 47.9 Å². The first kappa shape index (κ1) is 64.5. The van der Waals surface area contributed by atoms with Crippen molar-refractivity contribution in [3.8, 4) is 0 Å². The highest BCUT2D eigenvalue weighted by atomic mass is 16.4. The Bertz CT molecular complexity index is 2020. The van der Waals surface area contributed by atoms with Crippen molar-refractivity contribution >= 4 is 83.0 Å². The second kappa shape index (κ2) is 31.0. The van der Waals surface area contributed by atoms with Gasteiger partial charge in [0, 0.05) is 6.42 Å². The van der Waals surface area contributed by atoms with Crippen LogP contribution in [0.5, 0.6) is 0 Å². The number of aliphatic hydroxyl groups is 1. The second-order valence-electron chi connectivity index (χ2n) is 17.3. The molecule has 72 heavy (non-hydrogen) atoms. The lowest BCUT2D eigenvalue weighted by molar-refractivity contribution is -0.147. The van der Waals surface area contributed by atoms with Crippen molar-refractivity contribution in [2.75, 3.05) is 0 Å². The van der Waals surface area contributed by atoms with Gasteiger partial charge in [0.25, 0.3) is 0 Å². The zero-order valence-electron chi connectivity index (χ0n) is 40.9. The first-order chi connectivity index (χ1) is 33.2. The van der Waals surface area contributed by atoms with Crippen molar-refractivity contribution in [1.29, 1.82) is 0 Å². The molecule has 9 amide bonds. The number of aliphatic hydroxyl groups excluding tert-OH is 1. The van der Waals surface area contributed by atoms with Crippen LogP contribution in [-0.4, -0.2) is 180 Å². The molecule has 0 bridgehead atoms. The summed E-state index contributed by atoms with van der Waals surface area (Å²) in [5.41, 5.74) is 5.60. The third kappa shape index (κ3) is 23.9. The lowest BCUT2D eigenvalue weighted by atomic mass is 9.96. The Balaban J connectivity index is 6.29. The van der Waals surface area contributed by atoms with Gasteiger partial charge in [-0.1, -0.05) is 34.1 Å². The molecule has 406 valence electrons. The number of nitrogens with one attached hydrogen (secondary N) is 9. The van der Waals surface area contributed by atoms with Gasteiger partial charge in [0.05, 0.1) is 31.4 Å². The monoisotopic (exact) mass is 1030 g/mol. The fraction of sp³-hybridized carbons (Fsp3) is 0.667. The molecular formula is C42H68N10O20. The Morgan fingerprint density at radius 2 is 0.778 bits per heavy atom. The van der Waals surface area contributed by atoms with Gasteiger partial charge in [0.15, 0.2) is 0 Å². The summed E-state index contributed by atoms with van der Waals surface area (Å²) in [5.74, 6) is -19.1. The molecule has 30 heteroatoms. The third-order valence-corrected chi connectivity index (χ3v) is 10.4. The topological polar surface area (TPSA) is 495 Å². The summed E-state index contributed by atoms with van der Waals surface area (Å²) in [7, 11) is 0. The van der Waals surface area contributed by atoms with Crippen LogP contribution in [-0.2, 0) is 67.1 Å². The van der Waals surface area contributed by atoms with Gasteiger partial charge in [0.1, 0.15) is 54.4 Å². The van der Waals surface area contributed by atoms with Crippen LogP contribution in [0, 0.1) is 11.8 Å². The van der Waals surface area contributed by atoms with Gasteiger partial charge in [-0.15, -0.1) is 0 Å². The van der Waals surface area contributed by atoms with E-state index in [1.807, 2.05) is 21.3 Å². The normalized spacial score (nSPS) is 16.0. The number of rotatable bonds is 33. The molecular weight excluding hydrogens is 965 g/mol. The average molecular weight is 1030 g/mol. The minimum Gasteiger partial charge on any atom is -0.481 e. The van der Waals surface area contributed by atoms with E-state index in [1.54, 1.807) is 27.7 Å². The van der Waals surface area contributed by atoms with E-state index in [9.17, 15) is 92.7 Å². The minimum absolute atomic E-state index is 0.0321. The molecule has 0 aliphatic carbocycles. The van der Waals surface area contributed by atoms with E-state index in [4.69, 9.17) is 10.8 Å². The zero-order valence-corrected chi connectivity index (χ0v) is 40.9. The van der Waals surface area contributed by atoms with E-state index in [2.05, 4.69) is 26.6 Å². The van der Waals surface area contributed by atoms with Crippen molar-refractivity contribution in [2.24, 2.45) is 17.6 Å². The van der Waals surface area contributed by atoms with E-state index >= 15 is 0 Å². The average Bonchev–Trinajstić information content (AvgIpc) is 3.25. The molecule has 0 heterocycles. The van der Waals surface area contributed by atoms with Crippen molar-refractivity contribution in [2.45, 2.75) is 167 Å². The van der Waals surface area contributed by atoms with Crippen LogP contribution in [0.1, 0.15) is 100 Å². The van der Waals surface area contributed by atoms with Crippen molar-refractivity contribution in [3.05, 3.63) is 0 Å². The highest BCUT2D eigenvalue weighted by Gasteiger charge is 2.37. The van der Waals surface area contributed by atoms with E-state index in [0.717, 1.165) is 20.8 Å². The Kier molecular flexibility index (Phi) is 27.7. The lowest BCUT2D eigenvalue weighted by Gasteiger charge is -2.29. The van der Waals surface area contributed by atoms with Crippen molar-refractivity contribution in [3.63, 3.8) is 0 Å². The summed E-state index contributed by atoms with van der Waals surface area (Å²) in [6, 6.07) is -16.6. The molecule has 0 aromatic carbocycles. The molecule has 0 saturated carbocycles. The van der Waals surface area contributed by atoms with Crippen LogP contribution in [0.15, 0.2) is 0 Å². The molecule has 0 saturated heterocycles. The minimum atomic E-state index is -2.14. The molecule has 0 unspecified atom stereocenters. The first-order valence-electron chi connectivity index (χ1n) is 22.5. The Labute approximate surface area is 412 Å². The van der Waals surface area contributed by atoms with Gasteiger partial charge in [0.2, 0.25) is 53.2 Å². The van der Waals surface area contributed by atoms with E-state index < -0.39 is 181 Å². The summed E-state index contributed by atoms with van der Waals surface area (Å²) < 4.78 is 0. The molecule has 0 aromatic rings. The molecule has 0 aliphatic rings. The van der Waals surface area contributed by atoms with Gasteiger partial charge in [-0.3, -0.25) is 62.3 Å². The number of carbonyl (C=O) groups excluding carboxylic acids is 9. The number of hydrogen-bond donors (Lipinski definition) is 16. The van der Waals surface area contributed by atoms with Crippen LogP contribution in [0.3, 0.4) is 0 Å². The summed E-state index contributed by atoms with van der Waals surface area (Å²) >= 11 is 0. The van der Waals surface area contributed by atoms with Gasteiger partial charge in [-0.2, -0.15) is 0 Å². The highest BCUT2D eigenvalue weighted by Crippen LogP contribution is 2.13. The van der Waals surface area contributed by atoms with Crippen LogP contribution < -0.4 is 53.6 Å². The van der Waals surface area contributed by atoms with Crippen LogP contribution in [0.4, 0.5) is 0 Å². The maximum Gasteiger partial charge on any atom is 0.326 e. The van der Waals surface area contributed by atoms with Gasteiger partial charge >= 0.3 is 29.8 Å². The lowest BCUT2D eigenvalue weighted by Crippen LogP contribution is -2.62. The third-order valence-electron chi connectivity index (χ3n) is 10.4. The maximum absolute atomic E-state index is 13.8. The number of carboxylic acids is 5. The zero-order chi connectivity index (χ0) is 55.9. The van der Waals surface area contributed by atoms with Gasteiger partial charge in [-0.05, 0) is 52.4 Å². The fourth-order valence-electron chi connectivity index (χ4n) is 6.18. The predicted molar refractivity (Wildman–Crippen MR) is 244 cm³/mol. The number of hydrogen-bond acceptors (Lipinski definition) is 16. The number of aliphatic carboxylic acids is 5. The van der Waals surface area contributed by atoms with Crippen molar-refractivity contribution < 1.29 is 97.8 Å².